The van der Waals surface area contributed by atoms with Crippen molar-refractivity contribution in [1.82, 2.24) is 20.4 Å². The number of carbonyl (C=O) groups excluding carboxylic acids is 3. The highest BCUT2D eigenvalue weighted by atomic mass is 16.5. The predicted octanol–water partition coefficient (Wildman–Crippen LogP) is 3.64. The van der Waals surface area contributed by atoms with Gasteiger partial charge in [-0.1, -0.05) is 50.5 Å². The number of aliphatic hydroxyl groups excluding tert-OH is 1. The SMILES string of the molecule is CCCCN1C(=O)[C@@H]([C@H](O)C2CCCC2)NC(=O)C12CCN(Cc1ccc(OCc3ccc(C(=O)NC)cc3)cc1)CC2. The number of unbranched alkanes of at least 4 members (excludes halogenated alkanes) is 1. The number of benzene rings is 2. The van der Waals surface area contributed by atoms with Crippen LogP contribution in [0.25, 0.3) is 0 Å². The van der Waals surface area contributed by atoms with Gasteiger partial charge in [0.2, 0.25) is 11.8 Å². The number of hydrogen-bond acceptors (Lipinski definition) is 6. The van der Waals surface area contributed by atoms with E-state index in [4.69, 9.17) is 4.74 Å². The number of rotatable bonds is 11. The lowest BCUT2D eigenvalue weighted by molar-refractivity contribution is -0.165. The standard InChI is InChI=1S/C34H46N4O5/c1-3-4-19-38-32(41)29(30(39)26-7-5-6-8-26)36-33(42)34(38)17-20-37(21-18-34)22-24-11-15-28(16-12-24)43-23-25-9-13-27(14-10-25)31(40)35-2/h9-16,26,29-30,39H,3-8,17-23H2,1-2H3,(H,35,40)(H,36,42)/t29-,30-/m1/s1. The van der Waals surface area contributed by atoms with Crippen LogP contribution >= 0.6 is 0 Å². The molecule has 5 rings (SSSR count). The van der Waals surface area contributed by atoms with E-state index in [1.807, 2.05) is 29.2 Å². The molecule has 9 nitrogen and oxygen atoms in total. The number of piperazine rings is 1. The first-order chi connectivity index (χ1) is 20.8. The van der Waals surface area contributed by atoms with E-state index >= 15 is 0 Å². The molecule has 3 amide bonds. The summed E-state index contributed by atoms with van der Waals surface area (Å²) in [7, 11) is 1.61. The van der Waals surface area contributed by atoms with Gasteiger partial charge in [-0.2, -0.15) is 0 Å². The molecule has 1 aliphatic carbocycles. The molecule has 0 aromatic heterocycles. The summed E-state index contributed by atoms with van der Waals surface area (Å²) in [6.45, 7) is 5.24. The fraction of sp³-hybridized carbons (Fsp3) is 0.559. The van der Waals surface area contributed by atoms with Gasteiger partial charge in [0.15, 0.2) is 0 Å². The summed E-state index contributed by atoms with van der Waals surface area (Å²) in [6, 6.07) is 14.6. The van der Waals surface area contributed by atoms with E-state index in [0.29, 0.717) is 44.6 Å². The molecule has 2 aromatic rings. The third-order valence-corrected chi connectivity index (χ3v) is 9.58. The van der Waals surface area contributed by atoms with E-state index in [1.165, 1.54) is 0 Å². The summed E-state index contributed by atoms with van der Waals surface area (Å²) >= 11 is 0. The fourth-order valence-electron chi connectivity index (χ4n) is 6.87. The summed E-state index contributed by atoms with van der Waals surface area (Å²) in [5.41, 5.74) is 1.91. The largest absolute Gasteiger partial charge is 0.489 e. The van der Waals surface area contributed by atoms with Crippen LogP contribution in [-0.2, 0) is 22.7 Å². The summed E-state index contributed by atoms with van der Waals surface area (Å²) < 4.78 is 5.95. The van der Waals surface area contributed by atoms with Gasteiger partial charge in [-0.25, -0.2) is 0 Å². The summed E-state index contributed by atoms with van der Waals surface area (Å²) in [4.78, 5) is 43.3. The van der Waals surface area contributed by atoms with E-state index in [2.05, 4.69) is 34.6 Å². The number of hydrogen-bond donors (Lipinski definition) is 3. The second kappa shape index (κ2) is 13.9. The molecule has 2 atom stereocenters. The third kappa shape index (κ3) is 6.88. The van der Waals surface area contributed by atoms with E-state index in [1.54, 1.807) is 19.2 Å². The molecule has 9 heteroatoms. The Hall–Kier alpha value is -3.43. The maximum Gasteiger partial charge on any atom is 0.251 e. The van der Waals surface area contributed by atoms with Crippen molar-refractivity contribution in [3.63, 3.8) is 0 Å². The zero-order valence-corrected chi connectivity index (χ0v) is 25.5. The molecule has 2 saturated heterocycles. The van der Waals surface area contributed by atoms with Crippen LogP contribution in [0.4, 0.5) is 0 Å². The smallest absolute Gasteiger partial charge is 0.251 e. The highest BCUT2D eigenvalue weighted by Crippen LogP contribution is 2.37. The quantitative estimate of drug-likeness (QED) is 0.369. The van der Waals surface area contributed by atoms with Gasteiger partial charge < -0.3 is 25.4 Å². The molecule has 3 fully saturated rings. The van der Waals surface area contributed by atoms with E-state index < -0.39 is 17.7 Å². The Labute approximate surface area is 255 Å². The van der Waals surface area contributed by atoms with Crippen LogP contribution in [0.15, 0.2) is 48.5 Å². The second-order valence-corrected chi connectivity index (χ2v) is 12.3. The predicted molar refractivity (Wildman–Crippen MR) is 164 cm³/mol. The van der Waals surface area contributed by atoms with Crippen molar-refractivity contribution in [2.45, 2.75) is 89.1 Å². The van der Waals surface area contributed by atoms with Crippen LogP contribution in [-0.4, -0.2) is 77.0 Å². The molecule has 1 spiro atoms. The third-order valence-electron chi connectivity index (χ3n) is 9.58. The van der Waals surface area contributed by atoms with Crippen molar-refractivity contribution in [3.05, 3.63) is 65.2 Å². The first-order valence-corrected chi connectivity index (χ1v) is 15.9. The van der Waals surface area contributed by atoms with Gasteiger partial charge in [0, 0.05) is 38.8 Å². The van der Waals surface area contributed by atoms with Crippen LogP contribution in [0, 0.1) is 5.92 Å². The number of amides is 3. The van der Waals surface area contributed by atoms with Crippen LogP contribution in [0.3, 0.4) is 0 Å². The van der Waals surface area contributed by atoms with Gasteiger partial charge in [0.25, 0.3) is 5.91 Å². The minimum atomic E-state index is -0.842. The number of aliphatic hydroxyl groups is 1. The lowest BCUT2D eigenvalue weighted by atomic mass is 9.80. The van der Waals surface area contributed by atoms with Crippen LogP contribution in [0.2, 0.25) is 0 Å². The van der Waals surface area contributed by atoms with Crippen molar-refractivity contribution in [2.75, 3.05) is 26.7 Å². The van der Waals surface area contributed by atoms with Crippen molar-refractivity contribution in [1.29, 1.82) is 0 Å². The molecule has 43 heavy (non-hydrogen) atoms. The van der Waals surface area contributed by atoms with E-state index in [-0.39, 0.29) is 23.6 Å². The van der Waals surface area contributed by atoms with Gasteiger partial charge in [-0.15, -0.1) is 0 Å². The van der Waals surface area contributed by atoms with Crippen LogP contribution < -0.4 is 15.4 Å². The average molecular weight is 591 g/mol. The second-order valence-electron chi connectivity index (χ2n) is 12.3. The molecule has 2 aliphatic heterocycles. The number of carbonyl (C=O) groups is 3. The Balaban J connectivity index is 1.16. The van der Waals surface area contributed by atoms with Crippen LogP contribution in [0.1, 0.15) is 79.8 Å². The summed E-state index contributed by atoms with van der Waals surface area (Å²) in [6.07, 6.45) is 6.10. The molecule has 2 heterocycles. The maximum absolute atomic E-state index is 13.8. The summed E-state index contributed by atoms with van der Waals surface area (Å²) in [5.74, 6) is 0.527. The zero-order valence-electron chi connectivity index (χ0n) is 25.5. The molecule has 3 N–H and O–H groups in total. The molecule has 232 valence electrons. The normalized spacial score (nSPS) is 21.6. The fourth-order valence-corrected chi connectivity index (χ4v) is 6.87. The lowest BCUT2D eigenvalue weighted by Gasteiger charge is -2.52. The van der Waals surface area contributed by atoms with Gasteiger partial charge in [0.05, 0.1) is 6.10 Å². The summed E-state index contributed by atoms with van der Waals surface area (Å²) in [5, 5.41) is 16.7. The highest BCUT2D eigenvalue weighted by molar-refractivity contribution is 6.00. The number of likely N-dealkylation sites (tertiary alicyclic amines) is 1. The molecule has 1 saturated carbocycles. The van der Waals surface area contributed by atoms with Crippen molar-refractivity contribution < 1.29 is 24.2 Å². The Kier molecular flexibility index (Phi) is 10.0. The molecular weight excluding hydrogens is 544 g/mol. The van der Waals surface area contributed by atoms with Crippen molar-refractivity contribution >= 4 is 17.7 Å². The Morgan fingerprint density at radius 3 is 2.33 bits per heavy atom. The van der Waals surface area contributed by atoms with E-state index in [9.17, 15) is 19.5 Å². The first-order valence-electron chi connectivity index (χ1n) is 15.9. The van der Waals surface area contributed by atoms with Gasteiger partial charge in [0.1, 0.15) is 23.9 Å². The molecule has 0 radical (unpaired) electrons. The monoisotopic (exact) mass is 590 g/mol. The molecule has 3 aliphatic rings. The molecule has 2 aromatic carbocycles. The number of nitrogens with one attached hydrogen (secondary N) is 2. The van der Waals surface area contributed by atoms with E-state index in [0.717, 1.165) is 61.9 Å². The Bertz CT molecular complexity index is 1250. The minimum absolute atomic E-state index is 0.0803. The van der Waals surface area contributed by atoms with Crippen molar-refractivity contribution in [2.24, 2.45) is 5.92 Å². The van der Waals surface area contributed by atoms with Crippen LogP contribution in [0.5, 0.6) is 5.75 Å². The molecule has 0 unspecified atom stereocenters. The van der Waals surface area contributed by atoms with Gasteiger partial charge >= 0.3 is 0 Å². The molecule has 0 bridgehead atoms. The number of nitrogens with zero attached hydrogens (tertiary/aromatic N) is 2. The minimum Gasteiger partial charge on any atom is -0.489 e. The Morgan fingerprint density at radius 1 is 1.05 bits per heavy atom. The van der Waals surface area contributed by atoms with Gasteiger partial charge in [-0.05, 0) is 73.4 Å². The highest BCUT2D eigenvalue weighted by Gasteiger charge is 2.55. The zero-order chi connectivity index (χ0) is 30.4. The average Bonchev–Trinajstić information content (AvgIpc) is 3.58. The first kappa shape index (κ1) is 31.0. The molecular formula is C34H46N4O5. The topological polar surface area (TPSA) is 111 Å². The number of ether oxygens (including phenoxy) is 1. The lowest BCUT2D eigenvalue weighted by Crippen LogP contribution is -2.75. The number of piperidine rings is 1. The maximum atomic E-state index is 13.8. The van der Waals surface area contributed by atoms with Crippen molar-refractivity contribution in [3.8, 4) is 5.75 Å². The van der Waals surface area contributed by atoms with Gasteiger partial charge in [-0.3, -0.25) is 19.3 Å². The Morgan fingerprint density at radius 2 is 1.70 bits per heavy atom.